The first kappa shape index (κ1) is 15.5. The smallest absolute Gasteiger partial charge is 0.409 e. The zero-order valence-corrected chi connectivity index (χ0v) is 12.8. The number of likely N-dealkylation sites (tertiary alicyclic amines) is 1. The molecule has 2 atom stereocenters. The van der Waals surface area contributed by atoms with Gasteiger partial charge in [-0.3, -0.25) is 14.5 Å². The van der Waals surface area contributed by atoms with E-state index in [1.165, 1.54) is 4.90 Å². The van der Waals surface area contributed by atoms with Crippen LogP contribution in [0.1, 0.15) is 34.1 Å². The second kappa shape index (κ2) is 6.00. The third-order valence-electron chi connectivity index (χ3n) is 4.23. The molecular formula is C16H18N2O5. The van der Waals surface area contributed by atoms with E-state index in [0.717, 1.165) is 4.90 Å². The average molecular weight is 318 g/mol. The van der Waals surface area contributed by atoms with Gasteiger partial charge in [0.05, 0.1) is 36.4 Å². The van der Waals surface area contributed by atoms with Gasteiger partial charge in [0.25, 0.3) is 11.8 Å². The first-order valence-electron chi connectivity index (χ1n) is 7.61. The number of hydrogen-bond donors (Lipinski definition) is 1. The summed E-state index contributed by atoms with van der Waals surface area (Å²) in [6.45, 7) is 2.33. The first-order chi connectivity index (χ1) is 11.0. The molecule has 1 aromatic rings. The lowest BCUT2D eigenvalue weighted by Gasteiger charge is -2.38. The van der Waals surface area contributed by atoms with Gasteiger partial charge in [-0.1, -0.05) is 12.1 Å². The van der Waals surface area contributed by atoms with Crippen LogP contribution in [0.2, 0.25) is 0 Å². The fourth-order valence-electron chi connectivity index (χ4n) is 3.11. The molecule has 7 nitrogen and oxygen atoms in total. The van der Waals surface area contributed by atoms with Crippen molar-refractivity contribution in [2.24, 2.45) is 0 Å². The molecule has 0 aromatic heterocycles. The first-order valence-corrected chi connectivity index (χ1v) is 7.61. The average Bonchev–Trinajstić information content (AvgIpc) is 2.80. The van der Waals surface area contributed by atoms with Crippen molar-refractivity contribution < 1.29 is 24.2 Å². The van der Waals surface area contributed by atoms with Gasteiger partial charge in [-0.25, -0.2) is 4.79 Å². The topological polar surface area (TPSA) is 87.2 Å². The zero-order valence-electron chi connectivity index (χ0n) is 12.8. The number of hydrogen-bond acceptors (Lipinski definition) is 5. The van der Waals surface area contributed by atoms with Gasteiger partial charge in [0.15, 0.2) is 0 Å². The molecule has 122 valence electrons. The van der Waals surface area contributed by atoms with E-state index in [0.29, 0.717) is 24.1 Å². The molecule has 7 heteroatoms. The zero-order chi connectivity index (χ0) is 16.6. The number of aliphatic hydroxyl groups is 1. The minimum atomic E-state index is -0.990. The molecule has 2 aliphatic rings. The number of piperidine rings is 1. The van der Waals surface area contributed by atoms with Gasteiger partial charge in [0.1, 0.15) is 0 Å². The molecule has 1 N–H and O–H groups in total. The van der Waals surface area contributed by atoms with E-state index in [1.54, 1.807) is 31.2 Å². The fraction of sp³-hybridized carbons (Fsp3) is 0.438. The Labute approximate surface area is 133 Å². The van der Waals surface area contributed by atoms with E-state index in [1.807, 2.05) is 0 Å². The molecule has 0 radical (unpaired) electrons. The number of carbonyl (C=O) groups excluding carboxylic acids is 3. The molecule has 3 amide bonds. The molecule has 1 fully saturated rings. The van der Waals surface area contributed by atoms with Gasteiger partial charge >= 0.3 is 6.09 Å². The molecular weight excluding hydrogens is 300 g/mol. The predicted molar refractivity (Wildman–Crippen MR) is 79.9 cm³/mol. The van der Waals surface area contributed by atoms with E-state index in [2.05, 4.69) is 0 Å². The van der Waals surface area contributed by atoms with Crippen LogP contribution in [0.5, 0.6) is 0 Å². The highest BCUT2D eigenvalue weighted by atomic mass is 16.6. The number of carbonyl (C=O) groups is 3. The number of β-amino-alcohol motifs (C(OH)–C–C–N with tert-alkyl or cyclic N) is 1. The maximum atomic E-state index is 12.5. The van der Waals surface area contributed by atoms with Crippen molar-refractivity contribution in [1.82, 2.24) is 9.80 Å². The normalized spacial score (nSPS) is 23.9. The summed E-state index contributed by atoms with van der Waals surface area (Å²) in [5.74, 6) is -0.779. The highest BCUT2D eigenvalue weighted by Crippen LogP contribution is 2.28. The molecule has 0 bridgehead atoms. The highest BCUT2D eigenvalue weighted by Gasteiger charge is 2.44. The highest BCUT2D eigenvalue weighted by molar-refractivity contribution is 6.21. The number of aliphatic hydroxyl groups excluding tert-OH is 1. The van der Waals surface area contributed by atoms with Gasteiger partial charge in [0, 0.05) is 6.54 Å². The Morgan fingerprint density at radius 3 is 2.39 bits per heavy atom. The maximum absolute atomic E-state index is 12.5. The van der Waals surface area contributed by atoms with Crippen LogP contribution in [-0.4, -0.2) is 64.7 Å². The number of fused-ring (bicyclic) bond motifs is 1. The van der Waals surface area contributed by atoms with Gasteiger partial charge in [0.2, 0.25) is 0 Å². The fourth-order valence-corrected chi connectivity index (χ4v) is 3.11. The Morgan fingerprint density at radius 1 is 1.26 bits per heavy atom. The lowest BCUT2D eigenvalue weighted by atomic mass is 10.0. The van der Waals surface area contributed by atoms with Crippen molar-refractivity contribution in [3.63, 3.8) is 0 Å². The molecule has 23 heavy (non-hydrogen) atoms. The largest absolute Gasteiger partial charge is 0.450 e. The Balaban J connectivity index is 1.76. The Hall–Kier alpha value is -2.41. The second-order valence-electron chi connectivity index (χ2n) is 5.59. The Kier molecular flexibility index (Phi) is 4.04. The van der Waals surface area contributed by atoms with Crippen LogP contribution in [0.25, 0.3) is 0 Å². The summed E-state index contributed by atoms with van der Waals surface area (Å²) in [5, 5.41) is 10.3. The van der Waals surface area contributed by atoms with E-state index >= 15 is 0 Å². The lowest BCUT2D eigenvalue weighted by Crippen LogP contribution is -2.56. The van der Waals surface area contributed by atoms with Crippen LogP contribution in [0, 0.1) is 0 Å². The van der Waals surface area contributed by atoms with Crippen molar-refractivity contribution in [3.8, 4) is 0 Å². The molecule has 2 unspecified atom stereocenters. The third kappa shape index (κ3) is 2.57. The van der Waals surface area contributed by atoms with Gasteiger partial charge in [-0.15, -0.1) is 0 Å². The number of nitrogens with zero attached hydrogens (tertiary/aromatic N) is 2. The maximum Gasteiger partial charge on any atom is 0.409 e. The molecule has 2 heterocycles. The van der Waals surface area contributed by atoms with Gasteiger partial charge < -0.3 is 14.7 Å². The van der Waals surface area contributed by atoms with Crippen LogP contribution in [-0.2, 0) is 4.74 Å². The van der Waals surface area contributed by atoms with Crippen molar-refractivity contribution in [2.45, 2.75) is 25.5 Å². The molecule has 0 spiro atoms. The Morgan fingerprint density at radius 2 is 1.87 bits per heavy atom. The van der Waals surface area contributed by atoms with E-state index in [4.69, 9.17) is 4.74 Å². The van der Waals surface area contributed by atoms with E-state index in [9.17, 15) is 19.5 Å². The number of benzene rings is 1. The summed E-state index contributed by atoms with van der Waals surface area (Å²) in [6.07, 6.45) is -1.16. The van der Waals surface area contributed by atoms with Crippen molar-refractivity contribution in [1.29, 1.82) is 0 Å². The molecule has 1 aromatic carbocycles. The van der Waals surface area contributed by atoms with Crippen LogP contribution in [0.15, 0.2) is 24.3 Å². The monoisotopic (exact) mass is 318 g/mol. The van der Waals surface area contributed by atoms with Crippen LogP contribution in [0.3, 0.4) is 0 Å². The van der Waals surface area contributed by atoms with Crippen LogP contribution < -0.4 is 0 Å². The third-order valence-corrected chi connectivity index (χ3v) is 4.23. The summed E-state index contributed by atoms with van der Waals surface area (Å²) >= 11 is 0. The lowest BCUT2D eigenvalue weighted by molar-refractivity contribution is -0.00286. The predicted octanol–water partition coefficient (Wildman–Crippen LogP) is 0.874. The number of rotatable bonds is 2. The summed E-state index contributed by atoms with van der Waals surface area (Å²) < 4.78 is 4.91. The molecule has 0 aliphatic carbocycles. The van der Waals surface area contributed by atoms with Crippen LogP contribution in [0.4, 0.5) is 4.79 Å². The number of imide groups is 1. The van der Waals surface area contributed by atoms with E-state index in [-0.39, 0.29) is 25.0 Å². The van der Waals surface area contributed by atoms with Gasteiger partial charge in [-0.05, 0) is 25.5 Å². The standard InChI is InChI=1S/C16H18N2O5/c1-2-23-16(22)17-8-7-12(13(19)9-17)18-14(20)10-5-3-4-6-11(10)15(18)21/h3-6,12-13,19H,2,7-9H2,1H3. The summed E-state index contributed by atoms with van der Waals surface area (Å²) in [5.41, 5.74) is 0.718. The van der Waals surface area contributed by atoms with Crippen molar-refractivity contribution in [3.05, 3.63) is 35.4 Å². The molecule has 0 saturated carbocycles. The molecule has 2 aliphatic heterocycles. The SMILES string of the molecule is CCOC(=O)N1CCC(N2C(=O)c3ccccc3C2=O)C(O)C1. The minimum Gasteiger partial charge on any atom is -0.450 e. The van der Waals surface area contributed by atoms with Crippen LogP contribution >= 0.6 is 0 Å². The number of ether oxygens (including phenoxy) is 1. The minimum absolute atomic E-state index is 0.0386. The molecule has 3 rings (SSSR count). The van der Waals surface area contributed by atoms with Crippen molar-refractivity contribution >= 4 is 17.9 Å². The summed E-state index contributed by atoms with van der Waals surface area (Å²) in [7, 11) is 0. The molecule has 1 saturated heterocycles. The van der Waals surface area contributed by atoms with Crippen molar-refractivity contribution in [2.75, 3.05) is 19.7 Å². The summed E-state index contributed by atoms with van der Waals surface area (Å²) in [6, 6.07) is 5.99. The summed E-state index contributed by atoms with van der Waals surface area (Å²) in [4.78, 5) is 39.2. The van der Waals surface area contributed by atoms with Gasteiger partial charge in [-0.2, -0.15) is 0 Å². The number of amides is 3. The second-order valence-corrected chi connectivity index (χ2v) is 5.59. The quantitative estimate of drug-likeness (QED) is 0.818. The van der Waals surface area contributed by atoms with E-state index < -0.39 is 18.2 Å². The Bertz CT molecular complexity index is 625.